The van der Waals surface area contributed by atoms with Crippen LogP contribution in [0.2, 0.25) is 5.02 Å². The second-order valence-corrected chi connectivity index (χ2v) is 5.62. The number of hydrogen-bond acceptors (Lipinski definition) is 2. The van der Waals surface area contributed by atoms with Gasteiger partial charge < -0.3 is 15.5 Å². The highest BCUT2D eigenvalue weighted by Crippen LogP contribution is 2.40. The lowest BCUT2D eigenvalue weighted by Gasteiger charge is -2.24. The monoisotopic (exact) mass is 266 g/mol. The first-order valence-corrected chi connectivity index (χ1v) is 6.35. The number of H-pyrrole nitrogens is 1. The lowest BCUT2D eigenvalue weighted by atomic mass is 9.82. The van der Waals surface area contributed by atoms with Crippen LogP contribution in [0.5, 0.6) is 5.75 Å². The van der Waals surface area contributed by atoms with Crippen LogP contribution in [0.25, 0.3) is 10.9 Å². The fraction of sp³-hybridized carbons (Fsp3) is 0.429. The van der Waals surface area contributed by atoms with E-state index in [0.717, 1.165) is 22.3 Å². The predicted molar refractivity (Wildman–Crippen MR) is 76.7 cm³/mol. The number of ether oxygens (including phenoxy) is 1. The molecular weight excluding hydrogens is 248 g/mol. The van der Waals surface area contributed by atoms with Gasteiger partial charge in [-0.2, -0.15) is 0 Å². The van der Waals surface area contributed by atoms with Crippen LogP contribution in [0, 0.1) is 6.92 Å². The van der Waals surface area contributed by atoms with Crippen LogP contribution in [0.15, 0.2) is 12.1 Å². The molecule has 98 valence electrons. The topological polar surface area (TPSA) is 51.0 Å². The molecule has 4 heteroatoms. The molecule has 0 fully saturated rings. The van der Waals surface area contributed by atoms with Crippen LogP contribution in [-0.2, 0) is 5.41 Å². The molecule has 0 saturated carbocycles. The Labute approximate surface area is 112 Å². The van der Waals surface area contributed by atoms with Gasteiger partial charge in [-0.3, -0.25) is 0 Å². The van der Waals surface area contributed by atoms with Crippen molar-refractivity contribution >= 4 is 22.5 Å². The Morgan fingerprint density at radius 1 is 1.39 bits per heavy atom. The second-order valence-electron chi connectivity index (χ2n) is 5.21. The minimum absolute atomic E-state index is 0.125. The first kappa shape index (κ1) is 13.2. The number of halogens is 1. The number of aromatic amines is 1. The van der Waals surface area contributed by atoms with E-state index in [4.69, 9.17) is 22.1 Å². The van der Waals surface area contributed by atoms with E-state index < -0.39 is 0 Å². The number of fused-ring (bicyclic) bond motifs is 1. The van der Waals surface area contributed by atoms with E-state index in [1.165, 1.54) is 5.56 Å². The molecule has 1 aromatic carbocycles. The number of hydrogen-bond donors (Lipinski definition) is 2. The number of nitrogens with two attached hydrogens (primary N) is 1. The fourth-order valence-corrected chi connectivity index (χ4v) is 2.69. The summed E-state index contributed by atoms with van der Waals surface area (Å²) in [5, 5.41) is 1.74. The minimum atomic E-state index is -0.125. The molecule has 3 nitrogen and oxygen atoms in total. The molecule has 0 atom stereocenters. The summed E-state index contributed by atoms with van der Waals surface area (Å²) in [6.45, 7) is 6.87. The summed E-state index contributed by atoms with van der Waals surface area (Å²) in [5.41, 5.74) is 8.97. The van der Waals surface area contributed by atoms with Crippen molar-refractivity contribution in [1.29, 1.82) is 0 Å². The van der Waals surface area contributed by atoms with Crippen LogP contribution in [-0.4, -0.2) is 18.6 Å². The van der Waals surface area contributed by atoms with Gasteiger partial charge in [-0.1, -0.05) is 25.4 Å². The molecule has 0 spiro atoms. The zero-order valence-electron chi connectivity index (χ0n) is 11.2. The van der Waals surface area contributed by atoms with Crippen LogP contribution in [0.4, 0.5) is 0 Å². The molecule has 2 rings (SSSR count). The van der Waals surface area contributed by atoms with E-state index >= 15 is 0 Å². The van der Waals surface area contributed by atoms with Gasteiger partial charge in [0.15, 0.2) is 0 Å². The molecule has 0 radical (unpaired) electrons. The van der Waals surface area contributed by atoms with Crippen molar-refractivity contribution < 1.29 is 4.74 Å². The molecule has 0 aliphatic heterocycles. The Balaban J connectivity index is 2.89. The van der Waals surface area contributed by atoms with E-state index in [0.29, 0.717) is 11.6 Å². The number of rotatable bonds is 3. The van der Waals surface area contributed by atoms with Gasteiger partial charge in [0, 0.05) is 23.0 Å². The van der Waals surface area contributed by atoms with Crippen molar-refractivity contribution in [1.82, 2.24) is 4.98 Å². The molecule has 0 amide bonds. The Kier molecular flexibility index (Phi) is 3.30. The van der Waals surface area contributed by atoms with E-state index in [2.05, 4.69) is 18.8 Å². The molecule has 18 heavy (non-hydrogen) atoms. The van der Waals surface area contributed by atoms with Crippen molar-refractivity contribution in [3.63, 3.8) is 0 Å². The largest absolute Gasteiger partial charge is 0.496 e. The standard InChI is InChI=1S/C14H19ClN2O/c1-8-12(14(2,3)7-16)11-10(18-4)6-5-9(15)13(11)17-8/h5-6,17H,7,16H2,1-4H3. The summed E-state index contributed by atoms with van der Waals surface area (Å²) in [7, 11) is 1.67. The van der Waals surface area contributed by atoms with Crippen LogP contribution >= 0.6 is 11.6 Å². The zero-order valence-corrected chi connectivity index (χ0v) is 12.0. The van der Waals surface area contributed by atoms with Crippen LogP contribution in [0.3, 0.4) is 0 Å². The maximum atomic E-state index is 6.25. The maximum absolute atomic E-state index is 6.25. The molecule has 0 unspecified atom stereocenters. The van der Waals surface area contributed by atoms with Crippen molar-refractivity contribution in [3.8, 4) is 5.75 Å². The van der Waals surface area contributed by atoms with E-state index in [1.54, 1.807) is 7.11 Å². The quantitative estimate of drug-likeness (QED) is 0.895. The highest BCUT2D eigenvalue weighted by atomic mass is 35.5. The van der Waals surface area contributed by atoms with Crippen molar-refractivity contribution in [2.45, 2.75) is 26.2 Å². The molecule has 2 aromatic rings. The Bertz CT molecular complexity index is 587. The van der Waals surface area contributed by atoms with Gasteiger partial charge >= 0.3 is 0 Å². The van der Waals surface area contributed by atoms with Gasteiger partial charge in [-0.05, 0) is 24.6 Å². The minimum Gasteiger partial charge on any atom is -0.496 e. The van der Waals surface area contributed by atoms with Crippen molar-refractivity contribution in [2.75, 3.05) is 13.7 Å². The van der Waals surface area contributed by atoms with E-state index in [9.17, 15) is 0 Å². The van der Waals surface area contributed by atoms with Crippen molar-refractivity contribution in [3.05, 3.63) is 28.4 Å². The number of benzene rings is 1. The van der Waals surface area contributed by atoms with Gasteiger partial charge in [-0.25, -0.2) is 0 Å². The zero-order chi connectivity index (χ0) is 13.5. The SMILES string of the molecule is COc1ccc(Cl)c2[nH]c(C)c(C(C)(C)CN)c12. The molecule has 0 aliphatic carbocycles. The second kappa shape index (κ2) is 4.48. The molecule has 0 bridgehead atoms. The van der Waals surface area contributed by atoms with Crippen LogP contribution in [0.1, 0.15) is 25.1 Å². The summed E-state index contributed by atoms with van der Waals surface area (Å²) in [5.74, 6) is 0.829. The lowest BCUT2D eigenvalue weighted by molar-refractivity contribution is 0.418. The average molecular weight is 267 g/mol. The fourth-order valence-electron chi connectivity index (χ4n) is 2.48. The number of nitrogens with one attached hydrogen (secondary N) is 1. The van der Waals surface area contributed by atoms with Gasteiger partial charge in [0.1, 0.15) is 5.75 Å². The summed E-state index contributed by atoms with van der Waals surface area (Å²) >= 11 is 6.25. The maximum Gasteiger partial charge on any atom is 0.128 e. The third-order valence-electron chi connectivity index (χ3n) is 3.46. The molecule has 1 heterocycles. The number of aryl methyl sites for hydroxylation is 1. The highest BCUT2D eigenvalue weighted by molar-refractivity contribution is 6.35. The Morgan fingerprint density at radius 2 is 2.06 bits per heavy atom. The summed E-state index contributed by atoms with van der Waals surface area (Å²) in [4.78, 5) is 3.34. The smallest absolute Gasteiger partial charge is 0.128 e. The van der Waals surface area contributed by atoms with Gasteiger partial charge in [0.05, 0.1) is 17.6 Å². The normalized spacial score (nSPS) is 12.1. The number of aromatic nitrogens is 1. The average Bonchev–Trinajstić information content (AvgIpc) is 2.69. The lowest BCUT2D eigenvalue weighted by Crippen LogP contribution is -2.28. The third-order valence-corrected chi connectivity index (χ3v) is 3.78. The molecule has 3 N–H and O–H groups in total. The van der Waals surface area contributed by atoms with Gasteiger partial charge in [-0.15, -0.1) is 0 Å². The molecular formula is C14H19ClN2O. The summed E-state index contributed by atoms with van der Waals surface area (Å²) < 4.78 is 5.46. The predicted octanol–water partition coefficient (Wildman–Crippen LogP) is 3.37. The van der Waals surface area contributed by atoms with Gasteiger partial charge in [0.25, 0.3) is 0 Å². The summed E-state index contributed by atoms with van der Waals surface area (Å²) in [6.07, 6.45) is 0. The van der Waals surface area contributed by atoms with E-state index in [1.807, 2.05) is 19.1 Å². The first-order chi connectivity index (χ1) is 8.42. The Hall–Kier alpha value is -1.19. The summed E-state index contributed by atoms with van der Waals surface area (Å²) in [6, 6.07) is 3.74. The highest BCUT2D eigenvalue weighted by Gasteiger charge is 2.27. The van der Waals surface area contributed by atoms with E-state index in [-0.39, 0.29) is 5.41 Å². The third kappa shape index (κ3) is 1.88. The first-order valence-electron chi connectivity index (χ1n) is 5.97. The molecule has 0 saturated heterocycles. The van der Waals surface area contributed by atoms with Gasteiger partial charge in [0.2, 0.25) is 0 Å². The molecule has 0 aliphatic rings. The Morgan fingerprint density at radius 3 is 2.61 bits per heavy atom. The number of methoxy groups -OCH3 is 1. The van der Waals surface area contributed by atoms with Crippen molar-refractivity contribution in [2.24, 2.45) is 5.73 Å². The molecule has 1 aromatic heterocycles. The van der Waals surface area contributed by atoms with Crippen LogP contribution < -0.4 is 10.5 Å².